The van der Waals surface area contributed by atoms with Gasteiger partial charge in [0.05, 0.1) is 16.3 Å². The van der Waals surface area contributed by atoms with Crippen molar-refractivity contribution in [2.75, 3.05) is 15.4 Å². The first-order valence-electron chi connectivity index (χ1n) is 6.84. The lowest BCUT2D eigenvalue weighted by molar-refractivity contribution is -0.115. The Bertz CT molecular complexity index is 896. The van der Waals surface area contributed by atoms with Crippen molar-refractivity contribution in [2.24, 2.45) is 0 Å². The van der Waals surface area contributed by atoms with Gasteiger partial charge in [-0.05, 0) is 37.3 Å². The fourth-order valence-corrected chi connectivity index (χ4v) is 3.76. The number of aryl methyl sites for hydroxylation is 1. The predicted octanol–water partition coefficient (Wildman–Crippen LogP) is 1.60. The van der Waals surface area contributed by atoms with E-state index in [4.69, 9.17) is 5.41 Å². The highest BCUT2D eigenvalue weighted by molar-refractivity contribution is 8.15. The van der Waals surface area contributed by atoms with Gasteiger partial charge in [-0.2, -0.15) is 0 Å². The summed E-state index contributed by atoms with van der Waals surface area (Å²) in [6.45, 7) is 1.73. The maximum atomic E-state index is 12.4. The molecule has 1 amide bonds. The lowest BCUT2D eigenvalue weighted by atomic mass is 10.3. The standard InChI is InChI=1S/C14H13N5O3S2/c1-9-6-7-16-14(17-9)18-24(21,22)11-4-2-10(3-5-11)19-12(20)8-23-13(19)15/h2-7,15H,8H2,1H3,(H,16,17,18). The number of nitrogens with one attached hydrogen (secondary N) is 2. The summed E-state index contributed by atoms with van der Waals surface area (Å²) in [5.74, 6) is 0.00405. The zero-order valence-electron chi connectivity index (χ0n) is 12.6. The first-order valence-corrected chi connectivity index (χ1v) is 9.30. The number of rotatable bonds is 4. The number of sulfonamides is 1. The molecule has 8 nitrogen and oxygen atoms in total. The number of anilines is 2. The third-order valence-corrected chi connectivity index (χ3v) is 5.40. The van der Waals surface area contributed by atoms with Crippen LogP contribution in [0.5, 0.6) is 0 Å². The van der Waals surface area contributed by atoms with Crippen molar-refractivity contribution in [3.8, 4) is 0 Å². The van der Waals surface area contributed by atoms with Gasteiger partial charge in [-0.15, -0.1) is 0 Å². The van der Waals surface area contributed by atoms with Crippen LogP contribution in [-0.2, 0) is 14.8 Å². The van der Waals surface area contributed by atoms with E-state index in [2.05, 4.69) is 14.7 Å². The fourth-order valence-electron chi connectivity index (χ4n) is 2.09. The number of hydrogen-bond donors (Lipinski definition) is 2. The molecule has 24 heavy (non-hydrogen) atoms. The summed E-state index contributed by atoms with van der Waals surface area (Å²) < 4.78 is 27.0. The van der Waals surface area contributed by atoms with Crippen LogP contribution in [-0.4, -0.2) is 35.2 Å². The van der Waals surface area contributed by atoms with Gasteiger partial charge >= 0.3 is 0 Å². The Hall–Kier alpha value is -2.46. The maximum absolute atomic E-state index is 12.4. The molecule has 124 valence electrons. The highest BCUT2D eigenvalue weighted by Gasteiger charge is 2.28. The van der Waals surface area contributed by atoms with Crippen molar-refractivity contribution in [3.05, 3.63) is 42.2 Å². The van der Waals surface area contributed by atoms with E-state index in [0.717, 1.165) is 11.8 Å². The molecular formula is C14H13N5O3S2. The van der Waals surface area contributed by atoms with E-state index in [1.165, 1.54) is 35.4 Å². The molecule has 0 atom stereocenters. The SMILES string of the molecule is Cc1ccnc(NS(=O)(=O)c2ccc(N3C(=N)SCC3=O)cc2)n1. The number of carbonyl (C=O) groups excluding carboxylic acids is 1. The van der Waals surface area contributed by atoms with Gasteiger partial charge in [0.15, 0.2) is 5.17 Å². The summed E-state index contributed by atoms with van der Waals surface area (Å²) in [5, 5.41) is 7.87. The van der Waals surface area contributed by atoms with Crippen LogP contribution in [0.25, 0.3) is 0 Å². The number of aromatic nitrogens is 2. The summed E-state index contributed by atoms with van der Waals surface area (Å²) in [5.41, 5.74) is 1.10. The van der Waals surface area contributed by atoms with Crippen molar-refractivity contribution in [3.63, 3.8) is 0 Å². The van der Waals surface area contributed by atoms with Gasteiger partial charge in [-0.25, -0.2) is 23.1 Å². The van der Waals surface area contributed by atoms with Crippen LogP contribution in [0.3, 0.4) is 0 Å². The van der Waals surface area contributed by atoms with Crippen LogP contribution in [0, 0.1) is 12.3 Å². The molecule has 0 spiro atoms. The summed E-state index contributed by atoms with van der Waals surface area (Å²) >= 11 is 1.13. The minimum absolute atomic E-state index is 0.00743. The Morgan fingerprint density at radius 2 is 1.96 bits per heavy atom. The second-order valence-electron chi connectivity index (χ2n) is 4.94. The Balaban J connectivity index is 1.84. The topological polar surface area (TPSA) is 116 Å². The highest BCUT2D eigenvalue weighted by atomic mass is 32.2. The Kier molecular flexibility index (Phi) is 4.24. The van der Waals surface area contributed by atoms with Crippen LogP contribution >= 0.6 is 11.8 Å². The molecule has 0 radical (unpaired) electrons. The van der Waals surface area contributed by atoms with E-state index < -0.39 is 10.0 Å². The average molecular weight is 363 g/mol. The smallest absolute Gasteiger partial charge is 0.264 e. The van der Waals surface area contributed by atoms with E-state index in [1.54, 1.807) is 13.0 Å². The van der Waals surface area contributed by atoms with E-state index in [9.17, 15) is 13.2 Å². The molecule has 2 heterocycles. The predicted molar refractivity (Wildman–Crippen MR) is 91.7 cm³/mol. The van der Waals surface area contributed by atoms with Gasteiger partial charge in [0.2, 0.25) is 11.9 Å². The number of amidine groups is 1. The molecular weight excluding hydrogens is 350 g/mol. The number of carbonyl (C=O) groups is 1. The first kappa shape index (κ1) is 16.4. The number of benzene rings is 1. The molecule has 1 aliphatic rings. The average Bonchev–Trinajstić information content (AvgIpc) is 2.86. The van der Waals surface area contributed by atoms with Gasteiger partial charge < -0.3 is 0 Å². The van der Waals surface area contributed by atoms with Crippen LogP contribution in [0.2, 0.25) is 0 Å². The molecule has 1 aliphatic heterocycles. The molecule has 3 rings (SSSR count). The summed E-state index contributed by atoms with van der Waals surface area (Å²) in [6.07, 6.45) is 1.46. The lowest BCUT2D eigenvalue weighted by Gasteiger charge is -2.15. The van der Waals surface area contributed by atoms with Gasteiger partial charge in [0, 0.05) is 11.9 Å². The van der Waals surface area contributed by atoms with Gasteiger partial charge in [-0.3, -0.25) is 15.1 Å². The van der Waals surface area contributed by atoms with Gasteiger partial charge in [-0.1, -0.05) is 11.8 Å². The lowest BCUT2D eigenvalue weighted by Crippen LogP contribution is -2.28. The van der Waals surface area contributed by atoms with Crippen molar-refractivity contribution in [2.45, 2.75) is 11.8 Å². The molecule has 2 aromatic rings. The highest BCUT2D eigenvalue weighted by Crippen LogP contribution is 2.26. The number of thioether (sulfide) groups is 1. The molecule has 2 N–H and O–H groups in total. The molecule has 1 fully saturated rings. The molecule has 0 unspecified atom stereocenters. The van der Waals surface area contributed by atoms with Crippen LogP contribution < -0.4 is 9.62 Å². The van der Waals surface area contributed by atoms with Crippen molar-refractivity contribution in [1.29, 1.82) is 5.41 Å². The second-order valence-corrected chi connectivity index (χ2v) is 7.59. The Labute approximate surface area is 142 Å². The third kappa shape index (κ3) is 3.24. The summed E-state index contributed by atoms with van der Waals surface area (Å²) in [6, 6.07) is 7.38. The summed E-state index contributed by atoms with van der Waals surface area (Å²) in [4.78, 5) is 20.9. The van der Waals surface area contributed by atoms with Gasteiger partial charge in [0.1, 0.15) is 0 Å². The van der Waals surface area contributed by atoms with Crippen LogP contribution in [0.4, 0.5) is 11.6 Å². The Morgan fingerprint density at radius 1 is 1.25 bits per heavy atom. The van der Waals surface area contributed by atoms with E-state index in [-0.39, 0.29) is 27.7 Å². The van der Waals surface area contributed by atoms with E-state index in [1.807, 2.05) is 0 Å². The van der Waals surface area contributed by atoms with E-state index >= 15 is 0 Å². The minimum Gasteiger partial charge on any atom is -0.278 e. The molecule has 0 saturated carbocycles. The fraction of sp³-hybridized carbons (Fsp3) is 0.143. The van der Waals surface area contributed by atoms with Crippen molar-refractivity contribution >= 4 is 44.5 Å². The van der Waals surface area contributed by atoms with Crippen molar-refractivity contribution < 1.29 is 13.2 Å². The van der Waals surface area contributed by atoms with Crippen LogP contribution in [0.1, 0.15) is 5.69 Å². The monoisotopic (exact) mass is 363 g/mol. The third-order valence-electron chi connectivity index (χ3n) is 3.21. The van der Waals surface area contributed by atoms with Gasteiger partial charge in [0.25, 0.3) is 10.0 Å². The molecule has 1 saturated heterocycles. The van der Waals surface area contributed by atoms with Crippen molar-refractivity contribution in [1.82, 2.24) is 9.97 Å². The maximum Gasteiger partial charge on any atom is 0.264 e. The molecule has 0 aliphatic carbocycles. The molecule has 1 aromatic carbocycles. The van der Waals surface area contributed by atoms with Crippen LogP contribution in [0.15, 0.2) is 41.4 Å². The normalized spacial score (nSPS) is 15.0. The minimum atomic E-state index is -3.83. The Morgan fingerprint density at radius 3 is 2.54 bits per heavy atom. The first-order chi connectivity index (χ1) is 11.4. The molecule has 1 aromatic heterocycles. The van der Waals surface area contributed by atoms with E-state index in [0.29, 0.717) is 11.4 Å². The molecule has 0 bridgehead atoms. The number of hydrogen-bond acceptors (Lipinski definition) is 7. The largest absolute Gasteiger partial charge is 0.278 e. The number of nitrogens with zero attached hydrogens (tertiary/aromatic N) is 3. The quantitative estimate of drug-likeness (QED) is 0.852. The second kappa shape index (κ2) is 6.21. The zero-order valence-corrected chi connectivity index (χ0v) is 14.2. The number of amides is 1. The zero-order chi connectivity index (χ0) is 17.3. The summed E-state index contributed by atoms with van der Waals surface area (Å²) in [7, 11) is -3.83. The molecule has 10 heteroatoms.